The van der Waals surface area contributed by atoms with Gasteiger partial charge >= 0.3 is 28.8 Å². The second-order valence-corrected chi connectivity index (χ2v) is 11.2. The van der Waals surface area contributed by atoms with Gasteiger partial charge in [-0.2, -0.15) is 5.70 Å². The molecule has 1 N–H and O–H groups in total. The Bertz CT molecular complexity index is 1670. The van der Waals surface area contributed by atoms with Crippen LogP contribution in [0.15, 0.2) is 41.3 Å². The van der Waals surface area contributed by atoms with Gasteiger partial charge in [0, 0.05) is 23.6 Å². The molecule has 6 nitrogen and oxygen atoms in total. The van der Waals surface area contributed by atoms with Crippen LogP contribution in [0.25, 0.3) is 23.0 Å². The summed E-state index contributed by atoms with van der Waals surface area (Å²) in [5.74, 6) is 0.682. The molecule has 5 aliphatic rings. The molecule has 2 aromatic heterocycles. The van der Waals surface area contributed by atoms with Gasteiger partial charge in [0.2, 0.25) is 0 Å². The number of ketones is 1. The summed E-state index contributed by atoms with van der Waals surface area (Å²) >= 11 is 0. The molecule has 8 bridgehead atoms. The molecule has 0 aromatic carbocycles. The third-order valence-electron chi connectivity index (χ3n) is 9.39. The van der Waals surface area contributed by atoms with E-state index in [-0.39, 0.29) is 40.8 Å². The van der Waals surface area contributed by atoms with Gasteiger partial charge in [-0.1, -0.05) is 67.8 Å². The molecule has 0 saturated carbocycles. The zero-order valence-electron chi connectivity index (χ0n) is 23.0. The van der Waals surface area contributed by atoms with Gasteiger partial charge < -0.3 is 15.3 Å². The third kappa shape index (κ3) is 3.16. The molecular formula is C31H32MgN4O2. The number of carbonyl (C=O) groups is 1. The molecule has 7 rings (SSSR count). The number of allylic oxidation sites excluding steroid dienone is 3. The van der Waals surface area contributed by atoms with Gasteiger partial charge in [0.1, 0.15) is 0 Å². The maximum absolute atomic E-state index is 13.2. The first-order valence-electron chi connectivity index (χ1n) is 13.3. The van der Waals surface area contributed by atoms with Crippen LogP contribution in [0.1, 0.15) is 72.6 Å². The molecular weight excluding hydrogens is 485 g/mol. The zero-order chi connectivity index (χ0) is 26.0. The Morgan fingerprint density at radius 2 is 1.95 bits per heavy atom. The van der Waals surface area contributed by atoms with Gasteiger partial charge in [-0.25, -0.2) is 0 Å². The number of nitrogens with one attached hydrogen (secondary N) is 1. The molecule has 38 heavy (non-hydrogen) atoms. The van der Waals surface area contributed by atoms with Crippen molar-refractivity contribution in [2.45, 2.75) is 66.2 Å². The van der Waals surface area contributed by atoms with Crippen molar-refractivity contribution in [2.24, 2.45) is 11.8 Å². The van der Waals surface area contributed by atoms with Crippen LogP contribution >= 0.6 is 0 Å². The van der Waals surface area contributed by atoms with Crippen LogP contribution < -0.4 is 25.7 Å². The molecule has 2 aromatic rings. The van der Waals surface area contributed by atoms with Crippen LogP contribution in [0.3, 0.4) is 0 Å². The standard InChI is InChI=1S/C31H32N4O2.Mg/c1-8-19-16(5)25-13-31-21(9-2)17(6)26(35(31)37-31)12-23-14(3)15(4)29(33-23)20-10-27(36)28-18(7)22(34-30(20)28)11-24(19)32-25;/h9,11-15,23H,2,8,10H2,1,3-7H3,(H-,33,34,36);/q-2;+2/b24-11-,25-13-,26-12-;/t14-,15-,23?,31-,35?;/m0./s1. The molecule has 7 heteroatoms. The average Bonchev–Trinajstić information content (AvgIpc) is 3.08. The van der Waals surface area contributed by atoms with E-state index in [2.05, 4.69) is 59.4 Å². The minimum absolute atomic E-state index is 0. The van der Waals surface area contributed by atoms with Gasteiger partial charge in [0.05, 0.1) is 5.57 Å². The molecule has 0 amide bonds. The van der Waals surface area contributed by atoms with Crippen LogP contribution in [0.2, 0.25) is 0 Å². The minimum atomic E-state index is -0.590. The molecule has 0 radical (unpaired) electrons. The van der Waals surface area contributed by atoms with Crippen molar-refractivity contribution in [3.63, 3.8) is 0 Å². The number of fused-ring (bicyclic) bond motifs is 5. The first kappa shape index (κ1) is 25.7. The van der Waals surface area contributed by atoms with E-state index in [1.54, 1.807) is 0 Å². The molecule has 190 valence electrons. The van der Waals surface area contributed by atoms with E-state index in [1.165, 1.54) is 11.1 Å². The van der Waals surface area contributed by atoms with Gasteiger partial charge in [0.15, 0.2) is 11.5 Å². The first-order valence-corrected chi connectivity index (χ1v) is 13.3. The third-order valence-corrected chi connectivity index (χ3v) is 9.39. The summed E-state index contributed by atoms with van der Waals surface area (Å²) in [5, 5.41) is 8.06. The quantitative estimate of drug-likeness (QED) is 0.491. The number of hydrogen-bond acceptors (Lipinski definition) is 2. The molecule has 0 spiro atoms. The number of Topliss-reactive ketones (excluding diaryl/α,β-unsaturated/α-hetero) is 1. The number of carbonyl (C=O) groups excluding carboxylic acids is 1. The van der Waals surface area contributed by atoms with Crippen LogP contribution in [-0.2, 0) is 11.3 Å². The summed E-state index contributed by atoms with van der Waals surface area (Å²) < 4.78 is 0. The second-order valence-electron chi connectivity index (χ2n) is 11.2. The van der Waals surface area contributed by atoms with Gasteiger partial charge in [-0.3, -0.25) is 4.79 Å². The summed E-state index contributed by atoms with van der Waals surface area (Å²) in [5.41, 5.74) is 10.6. The van der Waals surface area contributed by atoms with E-state index in [0.717, 1.165) is 72.8 Å². The van der Waals surface area contributed by atoms with Crippen molar-refractivity contribution >= 4 is 46.6 Å². The Labute approximate surface area is 239 Å². The Kier molecular flexibility index (Phi) is 5.71. The average molecular weight is 517 g/mol. The molecule has 1 aliphatic carbocycles. The van der Waals surface area contributed by atoms with Crippen molar-refractivity contribution in [1.82, 2.24) is 9.97 Å². The van der Waals surface area contributed by atoms with E-state index in [0.29, 0.717) is 12.3 Å². The summed E-state index contributed by atoms with van der Waals surface area (Å²) in [4.78, 5) is 29.7. The fourth-order valence-corrected chi connectivity index (χ4v) is 6.96. The van der Waals surface area contributed by atoms with Crippen LogP contribution in [-0.4, -0.2) is 40.6 Å². The predicted molar refractivity (Wildman–Crippen MR) is 149 cm³/mol. The molecule has 5 atom stereocenters. The van der Waals surface area contributed by atoms with E-state index in [9.17, 15) is 4.79 Å². The number of quaternary nitrogens is 1. The van der Waals surface area contributed by atoms with E-state index >= 15 is 0 Å². The number of rotatable bonds is 2. The number of aromatic nitrogens is 2. The van der Waals surface area contributed by atoms with Crippen LogP contribution in [0, 0.1) is 25.7 Å². The first-order chi connectivity index (χ1) is 17.7. The molecule has 2 fully saturated rings. The van der Waals surface area contributed by atoms with Crippen molar-refractivity contribution in [3.05, 3.63) is 90.9 Å². The van der Waals surface area contributed by atoms with Gasteiger partial charge in [-0.05, 0) is 45.1 Å². The Hall–Kier alpha value is -2.58. The topological polar surface area (TPSA) is 76.3 Å². The predicted octanol–water partition coefficient (Wildman–Crippen LogP) is 2.27. The fraction of sp³-hybridized carbons (Fsp3) is 0.387. The number of hydrogen-bond donors (Lipinski definition) is 1. The van der Waals surface area contributed by atoms with Crippen molar-refractivity contribution in [1.29, 1.82) is 0 Å². The van der Waals surface area contributed by atoms with Crippen molar-refractivity contribution < 1.29 is 14.7 Å². The van der Waals surface area contributed by atoms with Crippen molar-refractivity contribution in [3.8, 4) is 0 Å². The van der Waals surface area contributed by atoms with Gasteiger partial charge in [-0.15, -0.1) is 32.0 Å². The molecule has 6 heterocycles. The fourth-order valence-electron chi connectivity index (χ4n) is 6.96. The SMILES string of the molecule is C=CC1=C(C)/C2=C/C3[N-]/C(=C4/CC(=O)c5c4[n-]c(c5C)/C=c4\[n-]/c(c(C)c4CC)=C\[C@]14O[NH+]24)[C@@H](C)[C@@H]3C.[Mg+2]. The summed E-state index contributed by atoms with van der Waals surface area (Å²) in [7, 11) is 0. The molecule has 2 unspecified atom stereocenters. The van der Waals surface area contributed by atoms with E-state index in [4.69, 9.17) is 20.1 Å². The maximum atomic E-state index is 13.2. The van der Waals surface area contributed by atoms with Crippen LogP contribution in [0.5, 0.6) is 0 Å². The number of nitrogens with zero attached hydrogens (tertiary/aromatic N) is 3. The molecule has 2 saturated heterocycles. The smallest absolute Gasteiger partial charge is 0.681 e. The Morgan fingerprint density at radius 3 is 2.66 bits per heavy atom. The summed E-state index contributed by atoms with van der Waals surface area (Å²) in [6.45, 7) is 17.1. The van der Waals surface area contributed by atoms with E-state index < -0.39 is 5.72 Å². The van der Waals surface area contributed by atoms with Gasteiger partial charge in [0.25, 0.3) is 0 Å². The summed E-state index contributed by atoms with van der Waals surface area (Å²) in [6.07, 6.45) is 9.67. The molecule has 4 aliphatic heterocycles. The Morgan fingerprint density at radius 1 is 1.18 bits per heavy atom. The largest absolute Gasteiger partial charge is 2.00 e. The zero-order valence-corrected chi connectivity index (χ0v) is 24.4. The minimum Gasteiger partial charge on any atom is -0.681 e. The Balaban J connectivity index is 0.00000264. The van der Waals surface area contributed by atoms with Crippen molar-refractivity contribution in [2.75, 3.05) is 0 Å². The maximum Gasteiger partial charge on any atom is 2.00 e. The monoisotopic (exact) mass is 516 g/mol. The second kappa shape index (κ2) is 8.46. The van der Waals surface area contributed by atoms with Crippen LogP contribution in [0.4, 0.5) is 0 Å². The van der Waals surface area contributed by atoms with E-state index in [1.807, 2.05) is 13.0 Å². The number of hydroxylamine groups is 2. The summed E-state index contributed by atoms with van der Waals surface area (Å²) in [6, 6.07) is 0.00671. The normalized spacial score (nSPS) is 35.4.